The maximum Gasteiger partial charge on any atom is 0.210 e. The van der Waals surface area contributed by atoms with Crippen molar-refractivity contribution in [1.82, 2.24) is 0 Å². The van der Waals surface area contributed by atoms with Crippen molar-refractivity contribution in [2.75, 3.05) is 9.80 Å². The number of anilines is 6. The fourth-order valence-electron chi connectivity index (χ4n) is 10.8. The summed E-state index contributed by atoms with van der Waals surface area (Å²) in [6.07, 6.45) is 9.02. The Kier molecular flexibility index (Phi) is 10.4. The van der Waals surface area contributed by atoms with Crippen LogP contribution in [0, 0.1) is 11.3 Å². The Morgan fingerprint density at radius 3 is 1.41 bits per heavy atom. The molecule has 0 radical (unpaired) electrons. The van der Waals surface area contributed by atoms with Crippen molar-refractivity contribution in [3.05, 3.63) is 229 Å². The molecule has 2 aliphatic carbocycles. The van der Waals surface area contributed by atoms with Gasteiger partial charge in [0.1, 0.15) is 0 Å². The van der Waals surface area contributed by atoms with Gasteiger partial charge in [-0.3, -0.25) is 0 Å². The van der Waals surface area contributed by atoms with Gasteiger partial charge in [0.25, 0.3) is 0 Å². The SMILES string of the molecule is CC1(C)c2ccccc2-c2ccc(N(c3ccc(C4(c5ccc(N(c6ccccc6)c6ccccc6)cc5)CCC(C(C)(C)C)CC4)cc3)c3cc[n+](-c4ccccc4)cc3)cc21. The van der Waals surface area contributed by atoms with Crippen LogP contribution >= 0.6 is 0 Å². The minimum absolute atomic E-state index is 0.0920. The van der Waals surface area contributed by atoms with Gasteiger partial charge in [-0.2, -0.15) is 4.57 Å². The predicted molar refractivity (Wildman–Crippen MR) is 264 cm³/mol. The van der Waals surface area contributed by atoms with Crippen molar-refractivity contribution in [3.8, 4) is 16.8 Å². The third kappa shape index (κ3) is 7.44. The van der Waals surface area contributed by atoms with Gasteiger partial charge in [-0.25, -0.2) is 0 Å². The maximum atomic E-state index is 2.44. The Hall–Kier alpha value is -6.71. The van der Waals surface area contributed by atoms with Crippen LogP contribution < -0.4 is 14.4 Å². The van der Waals surface area contributed by atoms with Gasteiger partial charge in [-0.05, 0) is 131 Å². The largest absolute Gasteiger partial charge is 0.311 e. The zero-order valence-corrected chi connectivity index (χ0v) is 37.4. The quantitative estimate of drug-likeness (QED) is 0.134. The van der Waals surface area contributed by atoms with Crippen LogP contribution in [-0.4, -0.2) is 0 Å². The van der Waals surface area contributed by atoms with Crippen molar-refractivity contribution < 1.29 is 4.57 Å². The lowest BCUT2D eigenvalue weighted by atomic mass is 9.59. The van der Waals surface area contributed by atoms with Crippen LogP contribution in [0.3, 0.4) is 0 Å². The standard InChI is InChI=1S/C60H58N3/c1-58(2,3)44-35-39-60(40-36-44,45-25-29-50(30-26-45)62(48-19-11-7-12-20-48)49-21-13-8-14-22-49)46-27-31-51(32-28-46)63(52-37-41-61(42-38-52)47-17-9-6-10-18-47)53-33-34-55-54-23-15-16-24-56(54)59(4,5)57(55)43-53/h6-34,37-38,41-44H,35-36,39-40H2,1-5H3/q+1. The summed E-state index contributed by atoms with van der Waals surface area (Å²) in [5.74, 6) is 0.693. The fraction of sp³-hybridized carbons (Fsp3) is 0.217. The van der Waals surface area contributed by atoms with Gasteiger partial charge in [-0.15, -0.1) is 0 Å². The monoisotopic (exact) mass is 820 g/mol. The molecule has 3 nitrogen and oxygen atoms in total. The smallest absolute Gasteiger partial charge is 0.210 e. The second-order valence-electron chi connectivity index (χ2n) is 19.4. The van der Waals surface area contributed by atoms with Crippen LogP contribution in [0.4, 0.5) is 34.1 Å². The topological polar surface area (TPSA) is 10.4 Å². The molecular weight excluding hydrogens is 763 g/mol. The van der Waals surface area contributed by atoms with Gasteiger partial charge in [0, 0.05) is 63.5 Å². The van der Waals surface area contributed by atoms with Crippen LogP contribution in [0.25, 0.3) is 16.8 Å². The summed E-state index contributed by atoms with van der Waals surface area (Å²) in [4.78, 5) is 4.80. The van der Waals surface area contributed by atoms with E-state index in [0.717, 1.165) is 52.7 Å². The normalized spacial score (nSPS) is 17.7. The molecule has 0 unspecified atom stereocenters. The second-order valence-corrected chi connectivity index (χ2v) is 19.4. The highest BCUT2D eigenvalue weighted by Crippen LogP contribution is 2.53. The molecular formula is C60H58N3+. The van der Waals surface area contributed by atoms with Gasteiger partial charge < -0.3 is 9.80 Å². The van der Waals surface area contributed by atoms with Gasteiger partial charge in [0.2, 0.25) is 5.69 Å². The first-order valence-corrected chi connectivity index (χ1v) is 22.8. The fourth-order valence-corrected chi connectivity index (χ4v) is 10.8. The van der Waals surface area contributed by atoms with E-state index in [0.29, 0.717) is 5.92 Å². The van der Waals surface area contributed by atoms with E-state index in [9.17, 15) is 0 Å². The zero-order chi connectivity index (χ0) is 43.2. The molecule has 0 amide bonds. The van der Waals surface area contributed by atoms with E-state index in [2.05, 4.69) is 256 Å². The van der Waals surface area contributed by atoms with Crippen LogP contribution in [0.15, 0.2) is 207 Å². The number of fused-ring (bicyclic) bond motifs is 3. The number of pyridine rings is 1. The molecule has 1 saturated carbocycles. The van der Waals surface area contributed by atoms with E-state index in [1.165, 1.54) is 46.2 Å². The summed E-state index contributed by atoms with van der Waals surface area (Å²) in [6, 6.07) is 71.6. The molecule has 0 N–H and O–H groups in total. The minimum atomic E-state index is -0.0997. The van der Waals surface area contributed by atoms with Crippen LogP contribution in [0.2, 0.25) is 0 Å². The van der Waals surface area contributed by atoms with Crippen molar-refractivity contribution in [2.24, 2.45) is 11.3 Å². The Bertz CT molecular complexity index is 2770. The molecule has 7 aromatic carbocycles. The van der Waals surface area contributed by atoms with Crippen molar-refractivity contribution in [3.63, 3.8) is 0 Å². The summed E-state index contributed by atoms with van der Waals surface area (Å²) in [7, 11) is 0. The molecule has 8 aromatic rings. The number of benzene rings is 7. The van der Waals surface area contributed by atoms with Crippen LogP contribution in [0.1, 0.15) is 82.6 Å². The van der Waals surface area contributed by atoms with Gasteiger partial charge in [0.15, 0.2) is 12.4 Å². The van der Waals surface area contributed by atoms with Gasteiger partial charge in [-0.1, -0.05) is 144 Å². The third-order valence-corrected chi connectivity index (χ3v) is 14.4. The van der Waals surface area contributed by atoms with Crippen molar-refractivity contribution in [2.45, 2.75) is 71.1 Å². The molecule has 0 aliphatic heterocycles. The second kappa shape index (κ2) is 16.2. The summed E-state index contributed by atoms with van der Waals surface area (Å²) < 4.78 is 2.19. The molecule has 63 heavy (non-hydrogen) atoms. The number of hydrogen-bond donors (Lipinski definition) is 0. The molecule has 1 fully saturated rings. The Morgan fingerprint density at radius 2 is 0.873 bits per heavy atom. The highest BCUT2D eigenvalue weighted by atomic mass is 15.1. The first kappa shape index (κ1) is 40.4. The number of para-hydroxylation sites is 3. The van der Waals surface area contributed by atoms with E-state index in [1.807, 2.05) is 0 Å². The average molecular weight is 821 g/mol. The highest BCUT2D eigenvalue weighted by Gasteiger charge is 2.42. The van der Waals surface area contributed by atoms with E-state index in [1.54, 1.807) is 0 Å². The Balaban J connectivity index is 1.05. The van der Waals surface area contributed by atoms with Crippen molar-refractivity contribution in [1.29, 1.82) is 0 Å². The van der Waals surface area contributed by atoms with Crippen LogP contribution in [-0.2, 0) is 10.8 Å². The Morgan fingerprint density at radius 1 is 0.444 bits per heavy atom. The van der Waals surface area contributed by atoms with E-state index < -0.39 is 0 Å². The first-order chi connectivity index (χ1) is 30.6. The number of aromatic nitrogens is 1. The van der Waals surface area contributed by atoms with E-state index >= 15 is 0 Å². The van der Waals surface area contributed by atoms with Crippen LogP contribution in [0.5, 0.6) is 0 Å². The lowest BCUT2D eigenvalue weighted by Gasteiger charge is -2.45. The first-order valence-electron chi connectivity index (χ1n) is 22.8. The molecule has 0 bridgehead atoms. The molecule has 0 atom stereocenters. The Labute approximate surface area is 375 Å². The third-order valence-electron chi connectivity index (χ3n) is 14.4. The lowest BCUT2D eigenvalue weighted by molar-refractivity contribution is -0.595. The lowest BCUT2D eigenvalue weighted by Crippen LogP contribution is -2.36. The predicted octanol–water partition coefficient (Wildman–Crippen LogP) is 15.7. The molecule has 0 spiro atoms. The van der Waals surface area contributed by atoms with E-state index in [4.69, 9.17) is 0 Å². The minimum Gasteiger partial charge on any atom is -0.311 e. The zero-order valence-electron chi connectivity index (χ0n) is 37.4. The maximum absolute atomic E-state index is 2.44. The average Bonchev–Trinajstić information content (AvgIpc) is 3.55. The highest BCUT2D eigenvalue weighted by molar-refractivity contribution is 5.85. The number of hydrogen-bond acceptors (Lipinski definition) is 2. The summed E-state index contributed by atoms with van der Waals surface area (Å²) >= 11 is 0. The summed E-state index contributed by atoms with van der Waals surface area (Å²) in [5.41, 5.74) is 16.4. The summed E-state index contributed by atoms with van der Waals surface area (Å²) in [6.45, 7) is 12.0. The molecule has 2 aliphatic rings. The van der Waals surface area contributed by atoms with E-state index in [-0.39, 0.29) is 16.2 Å². The molecule has 312 valence electrons. The number of rotatable bonds is 9. The molecule has 10 rings (SSSR count). The molecule has 3 heteroatoms. The van der Waals surface area contributed by atoms with Crippen molar-refractivity contribution >= 4 is 34.1 Å². The molecule has 1 heterocycles. The number of nitrogens with zero attached hydrogens (tertiary/aromatic N) is 3. The van der Waals surface area contributed by atoms with Gasteiger partial charge >= 0.3 is 0 Å². The molecule has 0 saturated heterocycles. The van der Waals surface area contributed by atoms with Gasteiger partial charge in [0.05, 0.1) is 5.69 Å². The summed E-state index contributed by atoms with van der Waals surface area (Å²) in [5, 5.41) is 0. The molecule has 1 aromatic heterocycles.